The molecule has 0 saturated carbocycles. The van der Waals surface area contributed by atoms with E-state index in [9.17, 15) is 22.0 Å². The second-order valence-electron chi connectivity index (χ2n) is 3.75. The van der Waals surface area contributed by atoms with Crippen LogP contribution < -0.4 is 0 Å². The maximum absolute atomic E-state index is 12.1. The molecule has 1 aliphatic heterocycles. The van der Waals surface area contributed by atoms with Crippen molar-refractivity contribution in [1.82, 2.24) is 4.31 Å². The molecule has 1 fully saturated rings. The van der Waals surface area contributed by atoms with E-state index in [-0.39, 0.29) is 13.0 Å². The summed E-state index contributed by atoms with van der Waals surface area (Å²) in [5.41, 5.74) is -1.26. The fraction of sp³-hybridized carbons (Fsp3) is 0.857. The molecular weight excluding hydrogens is 232 g/mol. The highest BCUT2D eigenvalue weighted by molar-refractivity contribution is 7.89. The number of carbonyl (C=O) groups is 1. The summed E-state index contributed by atoms with van der Waals surface area (Å²) in [7, 11) is -4.64. The third kappa shape index (κ3) is 2.10. The molecule has 0 aliphatic carbocycles. The predicted molar refractivity (Wildman–Crippen MR) is 46.9 cm³/mol. The Bertz CT molecular complexity index is 369. The SMILES string of the molecule is CC1(C(=O)O)CCN(S(=O)(=O)C(F)F)C1. The van der Waals surface area contributed by atoms with Crippen molar-refractivity contribution in [3.05, 3.63) is 0 Å². The standard InChI is InChI=1S/C7H11F2NO4S/c1-7(5(11)12)2-3-10(4-7)15(13,14)6(8)9/h6H,2-4H2,1H3,(H,11,12). The molecule has 0 amide bonds. The molecule has 0 aromatic rings. The van der Waals surface area contributed by atoms with Gasteiger partial charge in [0.1, 0.15) is 0 Å². The summed E-state index contributed by atoms with van der Waals surface area (Å²) in [6.07, 6.45) is 0.0499. The monoisotopic (exact) mass is 243 g/mol. The van der Waals surface area contributed by atoms with Gasteiger partial charge in [0.25, 0.3) is 10.0 Å². The fourth-order valence-electron chi connectivity index (χ4n) is 1.42. The van der Waals surface area contributed by atoms with Crippen LogP contribution in [-0.4, -0.2) is 42.6 Å². The smallest absolute Gasteiger partial charge is 0.350 e. The molecule has 0 bridgehead atoms. The molecule has 5 nitrogen and oxygen atoms in total. The van der Waals surface area contributed by atoms with Crippen molar-refractivity contribution in [2.75, 3.05) is 13.1 Å². The van der Waals surface area contributed by atoms with Crippen LogP contribution in [0.25, 0.3) is 0 Å². The maximum Gasteiger partial charge on any atom is 0.350 e. The topological polar surface area (TPSA) is 74.7 Å². The first kappa shape index (κ1) is 12.3. The maximum atomic E-state index is 12.1. The minimum atomic E-state index is -4.64. The summed E-state index contributed by atoms with van der Waals surface area (Å²) in [4.78, 5) is 10.8. The highest BCUT2D eigenvalue weighted by Crippen LogP contribution is 2.32. The van der Waals surface area contributed by atoms with E-state index < -0.39 is 33.7 Å². The van der Waals surface area contributed by atoms with Crippen molar-refractivity contribution in [2.24, 2.45) is 5.41 Å². The van der Waals surface area contributed by atoms with Gasteiger partial charge in [-0.1, -0.05) is 0 Å². The zero-order valence-electron chi connectivity index (χ0n) is 7.98. The Balaban J connectivity index is 2.86. The quantitative estimate of drug-likeness (QED) is 0.775. The molecule has 0 radical (unpaired) electrons. The molecule has 0 spiro atoms. The number of alkyl halides is 2. The Kier molecular flexibility index (Phi) is 3.01. The van der Waals surface area contributed by atoms with Gasteiger partial charge in [-0.3, -0.25) is 4.79 Å². The average molecular weight is 243 g/mol. The van der Waals surface area contributed by atoms with Gasteiger partial charge < -0.3 is 5.11 Å². The van der Waals surface area contributed by atoms with Crippen LogP contribution in [0.3, 0.4) is 0 Å². The van der Waals surface area contributed by atoms with Gasteiger partial charge in [0.15, 0.2) is 0 Å². The van der Waals surface area contributed by atoms with Crippen LogP contribution in [0.5, 0.6) is 0 Å². The van der Waals surface area contributed by atoms with Gasteiger partial charge >= 0.3 is 11.7 Å². The number of sulfonamides is 1. The number of aliphatic carboxylic acids is 1. The zero-order valence-corrected chi connectivity index (χ0v) is 8.80. The second-order valence-corrected chi connectivity index (χ2v) is 5.66. The summed E-state index contributed by atoms with van der Waals surface area (Å²) in [5.74, 6) is -4.66. The van der Waals surface area contributed by atoms with E-state index in [0.717, 1.165) is 0 Å². The number of hydrogen-bond donors (Lipinski definition) is 1. The number of carboxylic acids is 1. The van der Waals surface area contributed by atoms with Crippen LogP contribution >= 0.6 is 0 Å². The third-order valence-electron chi connectivity index (χ3n) is 2.54. The Hall–Kier alpha value is -0.760. The molecule has 88 valence electrons. The van der Waals surface area contributed by atoms with E-state index in [1.807, 2.05) is 0 Å². The van der Waals surface area contributed by atoms with Gasteiger partial charge in [0.2, 0.25) is 0 Å². The number of carboxylic acid groups (broad SMARTS) is 1. The number of halogens is 2. The molecule has 0 aromatic carbocycles. The molecule has 8 heteroatoms. The van der Waals surface area contributed by atoms with Gasteiger partial charge in [-0.25, -0.2) is 8.42 Å². The molecule has 1 unspecified atom stereocenters. The van der Waals surface area contributed by atoms with Crippen molar-refractivity contribution in [3.63, 3.8) is 0 Å². The van der Waals surface area contributed by atoms with Crippen LogP contribution in [0.2, 0.25) is 0 Å². The predicted octanol–water partition coefficient (Wildman–Crippen LogP) is 0.335. The van der Waals surface area contributed by atoms with Gasteiger partial charge in [-0.15, -0.1) is 0 Å². The van der Waals surface area contributed by atoms with Crippen LogP contribution in [0, 0.1) is 5.41 Å². The number of rotatable bonds is 3. The van der Waals surface area contributed by atoms with E-state index in [1.165, 1.54) is 6.92 Å². The highest BCUT2D eigenvalue weighted by atomic mass is 32.2. The van der Waals surface area contributed by atoms with E-state index in [2.05, 4.69) is 0 Å². The normalized spacial score (nSPS) is 28.5. The minimum absolute atomic E-state index is 0.0499. The lowest BCUT2D eigenvalue weighted by Crippen LogP contribution is -2.37. The Morgan fingerprint density at radius 1 is 1.53 bits per heavy atom. The lowest BCUT2D eigenvalue weighted by atomic mass is 9.90. The largest absolute Gasteiger partial charge is 0.481 e. The van der Waals surface area contributed by atoms with Crippen LogP contribution in [0.4, 0.5) is 8.78 Å². The highest BCUT2D eigenvalue weighted by Gasteiger charge is 2.46. The minimum Gasteiger partial charge on any atom is -0.481 e. The molecule has 1 heterocycles. The van der Waals surface area contributed by atoms with Crippen LogP contribution in [-0.2, 0) is 14.8 Å². The molecule has 15 heavy (non-hydrogen) atoms. The summed E-state index contributed by atoms with van der Waals surface area (Å²) in [6, 6.07) is 0. The summed E-state index contributed by atoms with van der Waals surface area (Å²) in [5, 5.41) is 8.79. The second kappa shape index (κ2) is 3.67. The molecule has 1 atom stereocenters. The van der Waals surface area contributed by atoms with Crippen molar-refractivity contribution < 1.29 is 27.1 Å². The van der Waals surface area contributed by atoms with Crippen LogP contribution in [0.15, 0.2) is 0 Å². The van der Waals surface area contributed by atoms with Crippen molar-refractivity contribution in [3.8, 4) is 0 Å². The van der Waals surface area contributed by atoms with E-state index in [4.69, 9.17) is 5.11 Å². The first-order chi connectivity index (χ1) is 6.70. The summed E-state index contributed by atoms with van der Waals surface area (Å²) < 4.78 is 46.9. The van der Waals surface area contributed by atoms with Gasteiger partial charge in [-0.2, -0.15) is 13.1 Å². The van der Waals surface area contributed by atoms with E-state index in [1.54, 1.807) is 0 Å². The Morgan fingerprint density at radius 2 is 2.07 bits per heavy atom. The lowest BCUT2D eigenvalue weighted by Gasteiger charge is -2.19. The third-order valence-corrected chi connectivity index (χ3v) is 4.02. The van der Waals surface area contributed by atoms with Gasteiger partial charge in [-0.05, 0) is 13.3 Å². The zero-order chi connectivity index (χ0) is 11.9. The van der Waals surface area contributed by atoms with E-state index in [0.29, 0.717) is 4.31 Å². The first-order valence-electron chi connectivity index (χ1n) is 4.21. The lowest BCUT2D eigenvalue weighted by molar-refractivity contribution is -0.146. The number of hydrogen-bond acceptors (Lipinski definition) is 3. The Morgan fingerprint density at radius 3 is 2.40 bits per heavy atom. The average Bonchev–Trinajstić information content (AvgIpc) is 2.49. The molecule has 1 aliphatic rings. The fourth-order valence-corrected chi connectivity index (χ4v) is 2.46. The summed E-state index contributed by atoms with van der Waals surface area (Å²) >= 11 is 0. The van der Waals surface area contributed by atoms with Gasteiger partial charge in [0.05, 0.1) is 5.41 Å². The Labute approximate surface area is 85.7 Å². The summed E-state index contributed by atoms with van der Waals surface area (Å²) in [6.45, 7) is 0.779. The number of nitrogens with zero attached hydrogens (tertiary/aromatic N) is 1. The molecule has 1 N–H and O–H groups in total. The molecular formula is C7H11F2NO4S. The molecule has 0 aromatic heterocycles. The van der Waals surface area contributed by atoms with Crippen molar-refractivity contribution >= 4 is 16.0 Å². The van der Waals surface area contributed by atoms with Crippen molar-refractivity contribution in [1.29, 1.82) is 0 Å². The van der Waals surface area contributed by atoms with E-state index >= 15 is 0 Å². The molecule has 1 saturated heterocycles. The molecule has 1 rings (SSSR count). The van der Waals surface area contributed by atoms with Gasteiger partial charge in [0, 0.05) is 13.1 Å². The van der Waals surface area contributed by atoms with Crippen molar-refractivity contribution in [2.45, 2.75) is 19.1 Å². The van der Waals surface area contributed by atoms with Crippen LogP contribution in [0.1, 0.15) is 13.3 Å². The first-order valence-corrected chi connectivity index (χ1v) is 5.71.